The first-order valence-electron chi connectivity index (χ1n) is 9.01. The molecular formula is C19H20N6OS2. The summed E-state index contributed by atoms with van der Waals surface area (Å²) in [5, 5.41) is 21.9. The molecule has 9 heteroatoms. The average Bonchev–Trinajstić information content (AvgIpc) is 3.30. The molecule has 0 unspecified atom stereocenters. The topological polar surface area (TPSA) is 85.6 Å². The number of allylic oxidation sites excluding steroid dienone is 1. The number of aromatic nitrogens is 5. The first kappa shape index (κ1) is 18.8. The van der Waals surface area contributed by atoms with Crippen LogP contribution in [0.2, 0.25) is 0 Å². The summed E-state index contributed by atoms with van der Waals surface area (Å²) in [5.41, 5.74) is 2.15. The predicted octanol–water partition coefficient (Wildman–Crippen LogP) is 3.90. The van der Waals surface area contributed by atoms with Gasteiger partial charge in [-0.25, -0.2) is 0 Å². The van der Waals surface area contributed by atoms with Gasteiger partial charge in [0.05, 0.1) is 5.75 Å². The number of carbonyl (C=O) groups excluding carboxylic acids is 1. The van der Waals surface area contributed by atoms with E-state index in [0.717, 1.165) is 22.0 Å². The molecule has 1 amide bonds. The lowest BCUT2D eigenvalue weighted by Gasteiger charge is -2.08. The minimum atomic E-state index is -0.131. The molecule has 3 aromatic rings. The molecule has 0 spiro atoms. The smallest absolute Gasteiger partial charge is 0.236 e. The maximum Gasteiger partial charge on any atom is 0.236 e. The molecule has 1 fully saturated rings. The molecule has 1 N–H and O–H groups in total. The SMILES string of the molecule is C=CCn1c(SCC(=O)Nc2nnc(C3CC3)s2)nnc1-c1cccc(C)c1. The fourth-order valence-corrected chi connectivity index (χ4v) is 4.43. The Bertz CT molecular complexity index is 1010. The van der Waals surface area contributed by atoms with Crippen molar-refractivity contribution in [1.29, 1.82) is 0 Å². The van der Waals surface area contributed by atoms with Crippen molar-refractivity contribution in [2.45, 2.75) is 37.4 Å². The van der Waals surface area contributed by atoms with Gasteiger partial charge in [0, 0.05) is 18.0 Å². The van der Waals surface area contributed by atoms with Gasteiger partial charge in [-0.05, 0) is 25.8 Å². The highest BCUT2D eigenvalue weighted by Crippen LogP contribution is 2.42. The Kier molecular flexibility index (Phi) is 5.54. The molecule has 7 nitrogen and oxygen atoms in total. The number of carbonyl (C=O) groups is 1. The minimum Gasteiger partial charge on any atom is -0.300 e. The zero-order valence-electron chi connectivity index (χ0n) is 15.5. The summed E-state index contributed by atoms with van der Waals surface area (Å²) in [6.45, 7) is 6.44. The Morgan fingerprint density at radius 2 is 2.21 bits per heavy atom. The average molecular weight is 413 g/mol. The summed E-state index contributed by atoms with van der Waals surface area (Å²) in [4.78, 5) is 12.3. The molecule has 28 heavy (non-hydrogen) atoms. The molecule has 0 saturated heterocycles. The van der Waals surface area contributed by atoms with Crippen LogP contribution in [0.4, 0.5) is 5.13 Å². The molecule has 2 heterocycles. The van der Waals surface area contributed by atoms with Crippen LogP contribution >= 0.6 is 23.1 Å². The summed E-state index contributed by atoms with van der Waals surface area (Å²) >= 11 is 2.80. The molecule has 0 aliphatic heterocycles. The Labute approximate surface area is 171 Å². The van der Waals surface area contributed by atoms with E-state index in [1.54, 1.807) is 6.08 Å². The van der Waals surface area contributed by atoms with Crippen LogP contribution in [0, 0.1) is 6.92 Å². The number of hydrogen-bond acceptors (Lipinski definition) is 7. The summed E-state index contributed by atoms with van der Waals surface area (Å²) in [7, 11) is 0. The van der Waals surface area contributed by atoms with Crippen LogP contribution in [-0.4, -0.2) is 36.6 Å². The van der Waals surface area contributed by atoms with Gasteiger partial charge in [-0.3, -0.25) is 14.7 Å². The van der Waals surface area contributed by atoms with Crippen LogP contribution in [0.1, 0.15) is 29.3 Å². The Hall–Kier alpha value is -2.52. The van der Waals surface area contributed by atoms with E-state index in [1.165, 1.54) is 35.9 Å². The number of anilines is 1. The monoisotopic (exact) mass is 412 g/mol. The molecule has 144 valence electrons. The summed E-state index contributed by atoms with van der Waals surface area (Å²) in [6, 6.07) is 8.11. The van der Waals surface area contributed by atoms with E-state index in [9.17, 15) is 4.79 Å². The van der Waals surface area contributed by atoms with Crippen LogP contribution < -0.4 is 5.32 Å². The zero-order valence-corrected chi connectivity index (χ0v) is 17.1. The van der Waals surface area contributed by atoms with Crippen LogP contribution in [-0.2, 0) is 11.3 Å². The molecule has 0 atom stereocenters. The van der Waals surface area contributed by atoms with Crippen molar-refractivity contribution >= 4 is 34.1 Å². The van der Waals surface area contributed by atoms with Crippen LogP contribution in [0.25, 0.3) is 11.4 Å². The van der Waals surface area contributed by atoms with Crippen LogP contribution in [0.5, 0.6) is 0 Å². The van der Waals surface area contributed by atoms with Crippen molar-refractivity contribution in [2.24, 2.45) is 0 Å². The van der Waals surface area contributed by atoms with Gasteiger partial charge >= 0.3 is 0 Å². The number of benzene rings is 1. The zero-order chi connectivity index (χ0) is 19.5. The summed E-state index contributed by atoms with van der Waals surface area (Å²) in [5.74, 6) is 1.40. The maximum absolute atomic E-state index is 12.3. The van der Waals surface area contributed by atoms with Gasteiger partial charge in [-0.2, -0.15) is 0 Å². The lowest BCUT2D eigenvalue weighted by molar-refractivity contribution is -0.113. The van der Waals surface area contributed by atoms with Crippen molar-refractivity contribution in [3.63, 3.8) is 0 Å². The number of thioether (sulfide) groups is 1. The third-order valence-corrected chi connectivity index (χ3v) is 6.22. The van der Waals surface area contributed by atoms with E-state index < -0.39 is 0 Å². The second-order valence-electron chi connectivity index (χ2n) is 6.63. The van der Waals surface area contributed by atoms with Crippen LogP contribution in [0.3, 0.4) is 0 Å². The van der Waals surface area contributed by atoms with E-state index in [4.69, 9.17) is 0 Å². The molecule has 1 aliphatic carbocycles. The highest BCUT2D eigenvalue weighted by atomic mass is 32.2. The highest BCUT2D eigenvalue weighted by molar-refractivity contribution is 7.99. The van der Waals surface area contributed by atoms with Crippen molar-refractivity contribution in [3.8, 4) is 11.4 Å². The van der Waals surface area contributed by atoms with Gasteiger partial charge in [-0.1, -0.05) is 52.9 Å². The predicted molar refractivity (Wildman–Crippen MR) is 112 cm³/mol. The van der Waals surface area contributed by atoms with E-state index in [1.807, 2.05) is 29.7 Å². The third kappa shape index (κ3) is 4.31. The van der Waals surface area contributed by atoms with Crippen molar-refractivity contribution < 1.29 is 4.79 Å². The normalized spacial score (nSPS) is 13.5. The number of nitrogens with one attached hydrogen (secondary N) is 1. The van der Waals surface area contributed by atoms with E-state index >= 15 is 0 Å². The molecular weight excluding hydrogens is 392 g/mol. The Morgan fingerprint density at radius 3 is 2.96 bits per heavy atom. The van der Waals surface area contributed by atoms with Gasteiger partial charge in [0.25, 0.3) is 0 Å². The fourth-order valence-electron chi connectivity index (χ4n) is 2.75. The van der Waals surface area contributed by atoms with Gasteiger partial charge < -0.3 is 0 Å². The standard InChI is InChI=1S/C19H20N6OS2/c1-3-9-25-16(14-6-4-5-12(2)10-14)21-24-19(25)27-11-15(26)20-18-23-22-17(28-18)13-7-8-13/h3-6,10,13H,1,7-9,11H2,2H3,(H,20,23,26). The number of rotatable bonds is 8. The Morgan fingerprint density at radius 1 is 1.36 bits per heavy atom. The van der Waals surface area contributed by atoms with Crippen LogP contribution in [0.15, 0.2) is 42.1 Å². The Balaban J connectivity index is 1.43. The molecule has 0 radical (unpaired) electrons. The van der Waals surface area contributed by atoms with E-state index in [2.05, 4.69) is 38.4 Å². The lowest BCUT2D eigenvalue weighted by Crippen LogP contribution is -2.14. The molecule has 1 aliphatic rings. The van der Waals surface area contributed by atoms with Crippen molar-refractivity contribution in [1.82, 2.24) is 25.0 Å². The number of hydrogen-bond donors (Lipinski definition) is 1. The van der Waals surface area contributed by atoms with Gasteiger partial charge in [0.15, 0.2) is 11.0 Å². The third-order valence-electron chi connectivity index (χ3n) is 4.25. The van der Waals surface area contributed by atoms with Gasteiger partial charge in [-0.15, -0.1) is 27.0 Å². The first-order valence-corrected chi connectivity index (χ1v) is 10.8. The van der Waals surface area contributed by atoms with Crippen molar-refractivity contribution in [2.75, 3.05) is 11.1 Å². The maximum atomic E-state index is 12.3. The quantitative estimate of drug-likeness (QED) is 0.446. The van der Waals surface area contributed by atoms with Crippen molar-refractivity contribution in [3.05, 3.63) is 47.5 Å². The molecule has 4 rings (SSSR count). The molecule has 2 aromatic heterocycles. The van der Waals surface area contributed by atoms with E-state index in [-0.39, 0.29) is 11.7 Å². The highest BCUT2D eigenvalue weighted by Gasteiger charge is 2.27. The molecule has 0 bridgehead atoms. The first-order chi connectivity index (χ1) is 13.6. The number of nitrogens with zero attached hydrogens (tertiary/aromatic N) is 5. The minimum absolute atomic E-state index is 0.131. The molecule has 1 saturated carbocycles. The fraction of sp³-hybridized carbons (Fsp3) is 0.316. The summed E-state index contributed by atoms with van der Waals surface area (Å²) < 4.78 is 1.97. The van der Waals surface area contributed by atoms with Gasteiger partial charge in [0.2, 0.25) is 11.0 Å². The van der Waals surface area contributed by atoms with Gasteiger partial charge in [0.1, 0.15) is 5.01 Å². The summed E-state index contributed by atoms with van der Waals surface area (Å²) in [6.07, 6.45) is 4.13. The lowest BCUT2D eigenvalue weighted by atomic mass is 10.1. The second kappa shape index (κ2) is 8.24. The largest absolute Gasteiger partial charge is 0.300 e. The number of amides is 1. The van der Waals surface area contributed by atoms with E-state index in [0.29, 0.717) is 22.8 Å². The second-order valence-corrected chi connectivity index (χ2v) is 8.58. The number of aryl methyl sites for hydroxylation is 1. The molecule has 1 aromatic carbocycles.